The van der Waals surface area contributed by atoms with Crippen molar-refractivity contribution in [1.82, 2.24) is 24.7 Å². The second-order valence-corrected chi connectivity index (χ2v) is 12.1. The molecule has 0 radical (unpaired) electrons. The van der Waals surface area contributed by atoms with Crippen LogP contribution in [0.1, 0.15) is 24.4 Å². The minimum Gasteiger partial charge on any atom is -0.352 e. The quantitative estimate of drug-likeness (QED) is 0.474. The fourth-order valence-electron chi connectivity index (χ4n) is 5.19. The van der Waals surface area contributed by atoms with E-state index in [2.05, 4.69) is 10.3 Å². The fourth-order valence-corrected chi connectivity index (χ4v) is 6.81. The number of halogens is 1. The molecule has 38 heavy (non-hydrogen) atoms. The second-order valence-electron chi connectivity index (χ2n) is 9.59. The van der Waals surface area contributed by atoms with Crippen LogP contribution in [0.2, 0.25) is 5.02 Å². The standard InChI is InChI=1S/C25H27ClN6O5S/c1-15-28-12-20-13-31(25(35)32(15)20)19-6-8-30(9-7-19)23(33)22(29-24(27)34)14-38(36,37)21-5-3-16-10-18(26)4-2-17(16)11-21/h2-5,10-12,19,22H,6-9,13-14H2,1H3,(H3,27,29,34)/t22-/m1/s1. The molecule has 13 heteroatoms. The van der Waals surface area contributed by atoms with Gasteiger partial charge in [-0.2, -0.15) is 0 Å². The molecule has 3 N–H and O–H groups in total. The molecule has 0 unspecified atom stereocenters. The molecule has 5 rings (SSSR count). The number of nitrogens with zero attached hydrogens (tertiary/aromatic N) is 4. The number of carbonyl (C=O) groups is 3. The molecule has 2 aliphatic rings. The first-order valence-electron chi connectivity index (χ1n) is 12.1. The Bertz CT molecular complexity index is 1550. The maximum Gasteiger partial charge on any atom is 0.330 e. The molecule has 0 spiro atoms. The van der Waals surface area contributed by atoms with E-state index >= 15 is 0 Å². The van der Waals surface area contributed by atoms with Crippen LogP contribution in [0.25, 0.3) is 10.8 Å². The van der Waals surface area contributed by atoms with Crippen molar-refractivity contribution < 1.29 is 22.8 Å². The first-order valence-corrected chi connectivity index (χ1v) is 14.2. The van der Waals surface area contributed by atoms with Crippen LogP contribution >= 0.6 is 11.6 Å². The van der Waals surface area contributed by atoms with Crippen LogP contribution in [0, 0.1) is 6.92 Å². The Morgan fingerprint density at radius 2 is 1.84 bits per heavy atom. The number of piperidine rings is 1. The van der Waals surface area contributed by atoms with Gasteiger partial charge in [-0.15, -0.1) is 0 Å². The SMILES string of the molecule is Cc1ncc2n1C(=O)N(C1CCN(C(=O)[C@@H](CS(=O)(=O)c3ccc4cc(Cl)ccc4c3)NC(N)=O)CC1)C2. The van der Waals surface area contributed by atoms with E-state index in [-0.39, 0.29) is 17.0 Å². The third kappa shape index (κ3) is 4.93. The topological polar surface area (TPSA) is 148 Å². The van der Waals surface area contributed by atoms with Crippen molar-refractivity contribution in [2.24, 2.45) is 5.73 Å². The van der Waals surface area contributed by atoms with Crippen LogP contribution in [0.4, 0.5) is 9.59 Å². The lowest BCUT2D eigenvalue weighted by molar-refractivity contribution is -0.134. The van der Waals surface area contributed by atoms with Crippen LogP contribution in [0.15, 0.2) is 47.5 Å². The number of primary amides is 1. The molecule has 0 aliphatic carbocycles. The zero-order chi connectivity index (χ0) is 27.2. The van der Waals surface area contributed by atoms with Crippen LogP contribution in [-0.4, -0.2) is 76.7 Å². The average molecular weight is 559 g/mol. The molecular weight excluding hydrogens is 532 g/mol. The minimum atomic E-state index is -3.96. The van der Waals surface area contributed by atoms with Gasteiger partial charge in [0.2, 0.25) is 5.91 Å². The molecule has 1 fully saturated rings. The highest BCUT2D eigenvalue weighted by Crippen LogP contribution is 2.27. The number of nitrogens with one attached hydrogen (secondary N) is 1. The van der Waals surface area contributed by atoms with E-state index in [9.17, 15) is 22.8 Å². The molecule has 11 nitrogen and oxygen atoms in total. The minimum absolute atomic E-state index is 0.0244. The second kappa shape index (κ2) is 9.91. The largest absolute Gasteiger partial charge is 0.352 e. The van der Waals surface area contributed by atoms with Gasteiger partial charge in [-0.3, -0.25) is 9.36 Å². The third-order valence-corrected chi connectivity index (χ3v) is 9.11. The molecule has 4 amide bonds. The highest BCUT2D eigenvalue weighted by Gasteiger charge is 2.38. The number of hydrogen-bond acceptors (Lipinski definition) is 6. The number of carbonyl (C=O) groups excluding carboxylic acids is 3. The molecule has 2 aliphatic heterocycles. The van der Waals surface area contributed by atoms with Gasteiger partial charge in [0.05, 0.1) is 29.1 Å². The van der Waals surface area contributed by atoms with Gasteiger partial charge in [0.15, 0.2) is 9.84 Å². The summed E-state index contributed by atoms with van der Waals surface area (Å²) >= 11 is 6.01. The lowest BCUT2D eigenvalue weighted by Crippen LogP contribution is -2.56. The fraction of sp³-hybridized carbons (Fsp3) is 0.360. The Hall–Kier alpha value is -3.64. The molecule has 1 atom stereocenters. The number of hydrogen-bond donors (Lipinski definition) is 2. The van der Waals surface area contributed by atoms with Crippen molar-refractivity contribution in [3.8, 4) is 0 Å². The first-order chi connectivity index (χ1) is 18.0. The highest BCUT2D eigenvalue weighted by molar-refractivity contribution is 7.91. The number of aryl methyl sites for hydroxylation is 1. The average Bonchev–Trinajstić information content (AvgIpc) is 3.41. The summed E-state index contributed by atoms with van der Waals surface area (Å²) in [6.07, 6.45) is 2.74. The first kappa shape index (κ1) is 26.0. The van der Waals surface area contributed by atoms with Gasteiger partial charge in [-0.1, -0.05) is 23.7 Å². The van der Waals surface area contributed by atoms with E-state index in [0.29, 0.717) is 48.7 Å². The summed E-state index contributed by atoms with van der Waals surface area (Å²) in [5, 5.41) is 4.30. The molecular formula is C25H27ClN6O5S. The summed E-state index contributed by atoms with van der Waals surface area (Å²) in [6.45, 7) is 2.86. The van der Waals surface area contributed by atoms with Gasteiger partial charge in [0, 0.05) is 24.2 Å². The maximum atomic E-state index is 13.4. The van der Waals surface area contributed by atoms with E-state index in [1.54, 1.807) is 46.9 Å². The van der Waals surface area contributed by atoms with E-state index in [1.807, 2.05) is 0 Å². The molecule has 0 bridgehead atoms. The number of likely N-dealkylation sites (tertiary alicyclic amines) is 1. The highest BCUT2D eigenvalue weighted by atomic mass is 35.5. The smallest absolute Gasteiger partial charge is 0.330 e. The van der Waals surface area contributed by atoms with Crippen LogP contribution in [-0.2, 0) is 21.2 Å². The number of urea groups is 1. The van der Waals surface area contributed by atoms with E-state index in [0.717, 1.165) is 11.1 Å². The van der Waals surface area contributed by atoms with Crippen LogP contribution < -0.4 is 11.1 Å². The van der Waals surface area contributed by atoms with Crippen molar-refractivity contribution in [3.63, 3.8) is 0 Å². The Morgan fingerprint density at radius 3 is 2.53 bits per heavy atom. The summed E-state index contributed by atoms with van der Waals surface area (Å²) in [5.41, 5.74) is 6.12. The number of amides is 4. The van der Waals surface area contributed by atoms with Crippen molar-refractivity contribution in [1.29, 1.82) is 0 Å². The molecule has 0 saturated carbocycles. The predicted molar refractivity (Wildman–Crippen MR) is 140 cm³/mol. The Kier molecular flexibility index (Phi) is 6.78. The van der Waals surface area contributed by atoms with Gasteiger partial charge >= 0.3 is 12.1 Å². The van der Waals surface area contributed by atoms with Gasteiger partial charge < -0.3 is 20.9 Å². The molecule has 3 heterocycles. The van der Waals surface area contributed by atoms with E-state index < -0.39 is 33.6 Å². The number of imidazole rings is 1. The van der Waals surface area contributed by atoms with Crippen LogP contribution in [0.3, 0.4) is 0 Å². The van der Waals surface area contributed by atoms with Gasteiger partial charge in [0.1, 0.15) is 11.9 Å². The lowest BCUT2D eigenvalue weighted by Gasteiger charge is -2.37. The number of aromatic nitrogens is 2. The zero-order valence-electron chi connectivity index (χ0n) is 20.6. The monoisotopic (exact) mass is 558 g/mol. The number of nitrogens with two attached hydrogens (primary N) is 1. The van der Waals surface area contributed by atoms with E-state index in [4.69, 9.17) is 17.3 Å². The number of rotatable bonds is 6. The third-order valence-electron chi connectivity index (χ3n) is 7.13. The summed E-state index contributed by atoms with van der Waals surface area (Å²) in [6, 6.07) is 7.17. The predicted octanol–water partition coefficient (Wildman–Crippen LogP) is 2.28. The summed E-state index contributed by atoms with van der Waals surface area (Å²) in [7, 11) is -3.96. The Balaban J connectivity index is 1.27. The lowest BCUT2D eigenvalue weighted by atomic mass is 10.0. The number of sulfone groups is 1. The summed E-state index contributed by atoms with van der Waals surface area (Å²) in [5.74, 6) is -0.533. The normalized spacial score (nSPS) is 17.1. The van der Waals surface area contributed by atoms with Crippen LogP contribution in [0.5, 0.6) is 0 Å². The van der Waals surface area contributed by atoms with Crippen molar-refractivity contribution in [3.05, 3.63) is 59.1 Å². The Labute approximate surface area is 224 Å². The van der Waals surface area contributed by atoms with Crippen molar-refractivity contribution >= 4 is 50.2 Å². The molecule has 1 aromatic heterocycles. The zero-order valence-corrected chi connectivity index (χ0v) is 22.2. The maximum absolute atomic E-state index is 13.4. The Morgan fingerprint density at radius 1 is 1.16 bits per heavy atom. The van der Waals surface area contributed by atoms with Crippen molar-refractivity contribution in [2.45, 2.75) is 43.3 Å². The van der Waals surface area contributed by atoms with Gasteiger partial charge in [-0.05, 0) is 54.8 Å². The van der Waals surface area contributed by atoms with Gasteiger partial charge in [0.25, 0.3) is 0 Å². The van der Waals surface area contributed by atoms with Gasteiger partial charge in [-0.25, -0.2) is 23.0 Å². The summed E-state index contributed by atoms with van der Waals surface area (Å²) in [4.78, 5) is 45.4. The number of benzene rings is 2. The molecule has 200 valence electrons. The van der Waals surface area contributed by atoms with E-state index in [1.165, 1.54) is 17.0 Å². The molecule has 2 aromatic carbocycles. The summed E-state index contributed by atoms with van der Waals surface area (Å²) < 4.78 is 28.1. The van der Waals surface area contributed by atoms with Crippen molar-refractivity contribution in [2.75, 3.05) is 18.8 Å². The molecule has 3 aromatic rings. The molecule has 1 saturated heterocycles. The number of fused-ring (bicyclic) bond motifs is 2.